The van der Waals surface area contributed by atoms with Crippen LogP contribution in [0.4, 0.5) is 5.13 Å². The van der Waals surface area contributed by atoms with Gasteiger partial charge < -0.3 is 11.1 Å². The molecule has 0 bridgehead atoms. The highest BCUT2D eigenvalue weighted by molar-refractivity contribution is 7.22. The van der Waals surface area contributed by atoms with Gasteiger partial charge in [0.25, 0.3) is 0 Å². The maximum Gasteiger partial charge on any atom is 0.183 e. The fraction of sp³-hybridized carbons (Fsp3) is 0.500. The first-order chi connectivity index (χ1) is 8.73. The maximum atomic E-state index is 5.91. The SMILES string of the molecule is CCC(CC)(CN)CNc1nc2ccccc2s1. The molecule has 0 spiro atoms. The van der Waals surface area contributed by atoms with Crippen LogP contribution in [-0.2, 0) is 0 Å². The third-order valence-corrected chi connectivity index (χ3v) is 4.84. The van der Waals surface area contributed by atoms with Crippen LogP contribution >= 0.6 is 11.3 Å². The van der Waals surface area contributed by atoms with Gasteiger partial charge in [-0.05, 0) is 36.9 Å². The quantitative estimate of drug-likeness (QED) is 0.839. The molecule has 0 aliphatic rings. The van der Waals surface area contributed by atoms with Crippen LogP contribution in [0.2, 0.25) is 0 Å². The zero-order valence-electron chi connectivity index (χ0n) is 11.1. The van der Waals surface area contributed by atoms with Crippen molar-refractivity contribution < 1.29 is 0 Å². The molecule has 3 nitrogen and oxygen atoms in total. The lowest BCUT2D eigenvalue weighted by Crippen LogP contribution is -2.36. The average molecular weight is 263 g/mol. The highest BCUT2D eigenvalue weighted by atomic mass is 32.1. The number of aromatic nitrogens is 1. The molecule has 0 unspecified atom stereocenters. The van der Waals surface area contributed by atoms with Gasteiger partial charge in [-0.3, -0.25) is 0 Å². The Balaban J connectivity index is 2.09. The highest BCUT2D eigenvalue weighted by Gasteiger charge is 2.24. The molecule has 0 saturated heterocycles. The Morgan fingerprint density at radius 1 is 1.28 bits per heavy atom. The van der Waals surface area contributed by atoms with Crippen molar-refractivity contribution in [3.8, 4) is 0 Å². The van der Waals surface area contributed by atoms with E-state index >= 15 is 0 Å². The topological polar surface area (TPSA) is 50.9 Å². The van der Waals surface area contributed by atoms with Crippen LogP contribution < -0.4 is 11.1 Å². The number of para-hydroxylation sites is 1. The van der Waals surface area contributed by atoms with Gasteiger partial charge in [-0.2, -0.15) is 0 Å². The van der Waals surface area contributed by atoms with Gasteiger partial charge >= 0.3 is 0 Å². The van der Waals surface area contributed by atoms with Gasteiger partial charge in [0.1, 0.15) is 0 Å². The van der Waals surface area contributed by atoms with Gasteiger partial charge in [0, 0.05) is 6.54 Å². The molecule has 18 heavy (non-hydrogen) atoms. The smallest absolute Gasteiger partial charge is 0.183 e. The van der Waals surface area contributed by atoms with Gasteiger partial charge in [-0.1, -0.05) is 37.3 Å². The van der Waals surface area contributed by atoms with Gasteiger partial charge in [-0.25, -0.2) is 4.98 Å². The standard InChI is InChI=1S/C14H21N3S/c1-3-14(4-2,9-15)10-16-13-17-11-7-5-6-8-12(11)18-13/h5-8H,3-4,9-10,15H2,1-2H3,(H,16,17). The number of thiazole rings is 1. The molecular weight excluding hydrogens is 242 g/mol. The second-order valence-corrected chi connectivity index (χ2v) is 5.78. The summed E-state index contributed by atoms with van der Waals surface area (Å²) >= 11 is 1.71. The van der Waals surface area contributed by atoms with E-state index < -0.39 is 0 Å². The molecule has 0 saturated carbocycles. The van der Waals surface area contributed by atoms with Crippen molar-refractivity contribution >= 4 is 26.7 Å². The van der Waals surface area contributed by atoms with Crippen molar-refractivity contribution in [1.29, 1.82) is 0 Å². The third kappa shape index (κ3) is 2.65. The number of fused-ring (bicyclic) bond motifs is 1. The molecule has 0 amide bonds. The van der Waals surface area contributed by atoms with Crippen LogP contribution in [0.5, 0.6) is 0 Å². The van der Waals surface area contributed by atoms with Gasteiger partial charge in [0.05, 0.1) is 10.2 Å². The number of nitrogens with zero attached hydrogens (tertiary/aromatic N) is 1. The molecule has 2 rings (SSSR count). The number of nitrogens with two attached hydrogens (primary N) is 1. The first-order valence-electron chi connectivity index (χ1n) is 6.52. The van der Waals surface area contributed by atoms with E-state index in [9.17, 15) is 0 Å². The number of hydrogen-bond acceptors (Lipinski definition) is 4. The lowest BCUT2D eigenvalue weighted by atomic mass is 9.82. The summed E-state index contributed by atoms with van der Waals surface area (Å²) in [5, 5.41) is 4.45. The molecule has 0 atom stereocenters. The summed E-state index contributed by atoms with van der Waals surface area (Å²) < 4.78 is 1.23. The normalized spacial score (nSPS) is 11.9. The summed E-state index contributed by atoms with van der Waals surface area (Å²) in [6, 6.07) is 8.22. The molecule has 0 aliphatic heterocycles. The summed E-state index contributed by atoms with van der Waals surface area (Å²) in [6.07, 6.45) is 2.19. The zero-order valence-corrected chi connectivity index (χ0v) is 11.9. The Morgan fingerprint density at radius 3 is 2.61 bits per heavy atom. The van der Waals surface area contributed by atoms with E-state index in [1.807, 2.05) is 18.2 Å². The summed E-state index contributed by atoms with van der Waals surface area (Å²) in [5.41, 5.74) is 7.17. The van der Waals surface area contributed by atoms with Crippen LogP contribution in [0.15, 0.2) is 24.3 Å². The second-order valence-electron chi connectivity index (χ2n) is 4.75. The van der Waals surface area contributed by atoms with E-state index in [-0.39, 0.29) is 5.41 Å². The third-order valence-electron chi connectivity index (χ3n) is 3.84. The van der Waals surface area contributed by atoms with E-state index in [4.69, 9.17) is 5.73 Å². The molecule has 0 aliphatic carbocycles. The van der Waals surface area contributed by atoms with Crippen molar-refractivity contribution in [2.75, 3.05) is 18.4 Å². The number of hydrogen-bond donors (Lipinski definition) is 2. The lowest BCUT2D eigenvalue weighted by molar-refractivity contribution is 0.294. The fourth-order valence-electron chi connectivity index (χ4n) is 2.07. The van der Waals surface area contributed by atoms with Gasteiger partial charge in [-0.15, -0.1) is 0 Å². The van der Waals surface area contributed by atoms with Crippen LogP contribution in [0.1, 0.15) is 26.7 Å². The number of anilines is 1. The Bertz CT molecular complexity index is 461. The first-order valence-corrected chi connectivity index (χ1v) is 7.34. The summed E-state index contributed by atoms with van der Waals surface area (Å²) in [7, 11) is 0. The average Bonchev–Trinajstić information content (AvgIpc) is 2.84. The summed E-state index contributed by atoms with van der Waals surface area (Å²) in [5.74, 6) is 0. The number of nitrogens with one attached hydrogen (secondary N) is 1. The summed E-state index contributed by atoms with van der Waals surface area (Å²) in [6.45, 7) is 6.03. The molecule has 3 N–H and O–H groups in total. The van der Waals surface area contributed by atoms with Crippen LogP contribution in [0, 0.1) is 5.41 Å². The van der Waals surface area contributed by atoms with Crippen LogP contribution in [-0.4, -0.2) is 18.1 Å². The Labute approximate surface area is 112 Å². The minimum Gasteiger partial charge on any atom is -0.361 e. The number of rotatable bonds is 6. The van der Waals surface area contributed by atoms with E-state index in [1.54, 1.807) is 11.3 Å². The van der Waals surface area contributed by atoms with Crippen molar-refractivity contribution in [2.24, 2.45) is 11.1 Å². The molecular formula is C14H21N3S. The molecule has 0 fully saturated rings. The number of benzene rings is 1. The molecule has 98 valence electrons. The molecule has 1 aromatic carbocycles. The largest absolute Gasteiger partial charge is 0.361 e. The van der Waals surface area contributed by atoms with Gasteiger partial charge in [0.15, 0.2) is 5.13 Å². The first kappa shape index (κ1) is 13.3. The molecule has 0 radical (unpaired) electrons. The van der Waals surface area contributed by atoms with Crippen molar-refractivity contribution in [2.45, 2.75) is 26.7 Å². The van der Waals surface area contributed by atoms with Crippen molar-refractivity contribution in [3.63, 3.8) is 0 Å². The Kier molecular flexibility index (Phi) is 4.19. The van der Waals surface area contributed by atoms with Crippen molar-refractivity contribution in [3.05, 3.63) is 24.3 Å². The molecule has 1 aromatic heterocycles. The molecule has 1 heterocycles. The highest BCUT2D eigenvalue weighted by Crippen LogP contribution is 2.29. The predicted octanol–water partition coefficient (Wildman–Crippen LogP) is 3.47. The molecule has 2 aromatic rings. The summed E-state index contributed by atoms with van der Waals surface area (Å²) in [4.78, 5) is 4.59. The minimum absolute atomic E-state index is 0.192. The Morgan fingerprint density at radius 2 is 2.00 bits per heavy atom. The Hall–Kier alpha value is -1.13. The maximum absolute atomic E-state index is 5.91. The van der Waals surface area contributed by atoms with E-state index in [0.717, 1.165) is 36.6 Å². The van der Waals surface area contributed by atoms with E-state index in [1.165, 1.54) is 4.70 Å². The lowest BCUT2D eigenvalue weighted by Gasteiger charge is -2.30. The van der Waals surface area contributed by atoms with Crippen LogP contribution in [0.3, 0.4) is 0 Å². The fourth-order valence-corrected chi connectivity index (χ4v) is 2.93. The monoisotopic (exact) mass is 263 g/mol. The van der Waals surface area contributed by atoms with E-state index in [2.05, 4.69) is 30.2 Å². The van der Waals surface area contributed by atoms with Crippen LogP contribution in [0.25, 0.3) is 10.2 Å². The molecule has 4 heteroatoms. The minimum atomic E-state index is 0.192. The second kappa shape index (κ2) is 5.67. The van der Waals surface area contributed by atoms with Gasteiger partial charge in [0.2, 0.25) is 0 Å². The van der Waals surface area contributed by atoms with Crippen molar-refractivity contribution in [1.82, 2.24) is 4.98 Å². The zero-order chi connectivity index (χ0) is 13.0. The van der Waals surface area contributed by atoms with E-state index in [0.29, 0.717) is 0 Å². The predicted molar refractivity (Wildman–Crippen MR) is 80.2 cm³/mol.